The first-order chi connectivity index (χ1) is 9.76. The lowest BCUT2D eigenvalue weighted by atomic mass is 9.88. The normalized spacial score (nSPS) is 14.2. The SMILES string of the molecule is CCCNC(c1ccc(Br)s1)C(CC)c1ccccc1. The molecule has 0 saturated heterocycles. The number of thiophene rings is 1. The topological polar surface area (TPSA) is 12.0 Å². The van der Waals surface area contributed by atoms with Crippen LogP contribution in [0.25, 0.3) is 0 Å². The van der Waals surface area contributed by atoms with Gasteiger partial charge in [-0.05, 0) is 53.0 Å². The molecule has 0 amide bonds. The second-order valence-corrected chi connectivity index (χ2v) is 7.49. The van der Waals surface area contributed by atoms with Gasteiger partial charge in [0.1, 0.15) is 0 Å². The molecule has 1 aromatic carbocycles. The van der Waals surface area contributed by atoms with Crippen molar-refractivity contribution in [3.63, 3.8) is 0 Å². The van der Waals surface area contributed by atoms with Crippen LogP contribution in [0.4, 0.5) is 0 Å². The fourth-order valence-corrected chi connectivity index (χ4v) is 4.17. The van der Waals surface area contributed by atoms with Crippen LogP contribution in [0, 0.1) is 0 Å². The van der Waals surface area contributed by atoms with Gasteiger partial charge in [-0.3, -0.25) is 0 Å². The molecule has 1 heterocycles. The number of hydrogen-bond donors (Lipinski definition) is 1. The summed E-state index contributed by atoms with van der Waals surface area (Å²) in [6.45, 7) is 5.56. The summed E-state index contributed by atoms with van der Waals surface area (Å²) in [5.74, 6) is 0.522. The highest BCUT2D eigenvalue weighted by atomic mass is 79.9. The Bertz CT molecular complexity index is 509. The third kappa shape index (κ3) is 3.94. The van der Waals surface area contributed by atoms with E-state index in [0.717, 1.165) is 19.4 Å². The molecule has 2 atom stereocenters. The molecular formula is C17H22BrNS. The van der Waals surface area contributed by atoms with Crippen molar-refractivity contribution in [3.8, 4) is 0 Å². The fraction of sp³-hybridized carbons (Fsp3) is 0.412. The van der Waals surface area contributed by atoms with E-state index in [-0.39, 0.29) is 0 Å². The van der Waals surface area contributed by atoms with Gasteiger partial charge in [0.25, 0.3) is 0 Å². The van der Waals surface area contributed by atoms with Crippen molar-refractivity contribution in [3.05, 3.63) is 56.7 Å². The number of rotatable bonds is 7. The van der Waals surface area contributed by atoms with Gasteiger partial charge in [0.2, 0.25) is 0 Å². The van der Waals surface area contributed by atoms with Crippen LogP contribution in [0.1, 0.15) is 49.1 Å². The number of nitrogens with one attached hydrogen (secondary N) is 1. The Morgan fingerprint density at radius 3 is 2.40 bits per heavy atom. The van der Waals surface area contributed by atoms with Crippen LogP contribution in [-0.2, 0) is 0 Å². The lowest BCUT2D eigenvalue weighted by Gasteiger charge is -2.27. The van der Waals surface area contributed by atoms with E-state index in [2.05, 4.69) is 77.6 Å². The first-order valence-electron chi connectivity index (χ1n) is 7.29. The Kier molecular flexibility index (Phi) is 6.27. The van der Waals surface area contributed by atoms with E-state index in [9.17, 15) is 0 Å². The predicted octanol–water partition coefficient (Wildman–Crippen LogP) is 5.75. The van der Waals surface area contributed by atoms with Crippen LogP contribution >= 0.6 is 27.3 Å². The third-order valence-electron chi connectivity index (χ3n) is 3.58. The van der Waals surface area contributed by atoms with Crippen molar-refractivity contribution in [1.29, 1.82) is 0 Å². The summed E-state index contributed by atoms with van der Waals surface area (Å²) in [4.78, 5) is 1.42. The lowest BCUT2D eigenvalue weighted by Crippen LogP contribution is -2.27. The number of hydrogen-bond acceptors (Lipinski definition) is 2. The molecule has 1 aromatic heterocycles. The standard InChI is InChI=1S/C17H22BrNS/c1-3-12-19-17(15-10-11-16(18)20-15)14(4-2)13-8-6-5-7-9-13/h5-11,14,17,19H,3-4,12H2,1-2H3. The van der Waals surface area contributed by atoms with Crippen molar-refractivity contribution in [2.45, 2.75) is 38.6 Å². The quantitative estimate of drug-likeness (QED) is 0.669. The summed E-state index contributed by atoms with van der Waals surface area (Å²) in [6, 6.07) is 15.7. The van der Waals surface area contributed by atoms with Crippen LogP contribution in [0.5, 0.6) is 0 Å². The van der Waals surface area contributed by atoms with Crippen LogP contribution in [0.2, 0.25) is 0 Å². The molecule has 2 unspecified atom stereocenters. The summed E-state index contributed by atoms with van der Waals surface area (Å²) in [7, 11) is 0. The van der Waals surface area contributed by atoms with Crippen LogP contribution in [0.3, 0.4) is 0 Å². The van der Waals surface area contributed by atoms with E-state index in [0.29, 0.717) is 12.0 Å². The van der Waals surface area contributed by atoms with Gasteiger partial charge < -0.3 is 5.32 Å². The van der Waals surface area contributed by atoms with Gasteiger partial charge in [0, 0.05) is 16.8 Å². The van der Waals surface area contributed by atoms with Crippen molar-refractivity contribution in [2.75, 3.05) is 6.54 Å². The van der Waals surface area contributed by atoms with Crippen molar-refractivity contribution in [2.24, 2.45) is 0 Å². The number of halogens is 1. The summed E-state index contributed by atoms with van der Waals surface area (Å²) in [6.07, 6.45) is 2.30. The zero-order valence-corrected chi connectivity index (χ0v) is 14.5. The van der Waals surface area contributed by atoms with Gasteiger partial charge in [-0.1, -0.05) is 44.2 Å². The van der Waals surface area contributed by atoms with Gasteiger partial charge >= 0.3 is 0 Å². The molecule has 0 aliphatic heterocycles. The largest absolute Gasteiger partial charge is 0.309 e. The zero-order valence-electron chi connectivity index (χ0n) is 12.1. The van der Waals surface area contributed by atoms with E-state index in [1.54, 1.807) is 0 Å². The Morgan fingerprint density at radius 2 is 1.85 bits per heavy atom. The number of benzene rings is 1. The first-order valence-corrected chi connectivity index (χ1v) is 8.90. The molecule has 108 valence electrons. The fourth-order valence-electron chi connectivity index (χ4n) is 2.60. The van der Waals surface area contributed by atoms with E-state index in [4.69, 9.17) is 0 Å². The minimum Gasteiger partial charge on any atom is -0.309 e. The molecule has 1 N–H and O–H groups in total. The molecule has 0 saturated carbocycles. The predicted molar refractivity (Wildman–Crippen MR) is 92.5 cm³/mol. The summed E-state index contributed by atoms with van der Waals surface area (Å²) in [5.41, 5.74) is 1.42. The average molecular weight is 352 g/mol. The third-order valence-corrected chi connectivity index (χ3v) is 5.29. The summed E-state index contributed by atoms with van der Waals surface area (Å²) >= 11 is 5.43. The maximum atomic E-state index is 3.74. The van der Waals surface area contributed by atoms with E-state index in [1.807, 2.05) is 11.3 Å². The molecule has 0 bridgehead atoms. The molecule has 2 rings (SSSR count). The Labute approximate surface area is 134 Å². The summed E-state index contributed by atoms with van der Waals surface area (Å²) < 4.78 is 1.21. The highest BCUT2D eigenvalue weighted by Crippen LogP contribution is 2.38. The molecule has 0 radical (unpaired) electrons. The van der Waals surface area contributed by atoms with E-state index < -0.39 is 0 Å². The highest BCUT2D eigenvalue weighted by molar-refractivity contribution is 9.11. The Hall–Kier alpha value is -0.640. The van der Waals surface area contributed by atoms with Gasteiger partial charge in [-0.15, -0.1) is 11.3 Å². The highest BCUT2D eigenvalue weighted by Gasteiger charge is 2.24. The minimum atomic E-state index is 0.402. The van der Waals surface area contributed by atoms with Gasteiger partial charge in [-0.25, -0.2) is 0 Å². The van der Waals surface area contributed by atoms with Crippen molar-refractivity contribution in [1.82, 2.24) is 5.32 Å². The molecular weight excluding hydrogens is 330 g/mol. The van der Waals surface area contributed by atoms with Crippen LogP contribution in [-0.4, -0.2) is 6.54 Å². The van der Waals surface area contributed by atoms with Gasteiger partial charge in [0.05, 0.1) is 3.79 Å². The monoisotopic (exact) mass is 351 g/mol. The second-order valence-electron chi connectivity index (χ2n) is 5.00. The smallest absolute Gasteiger partial charge is 0.0701 e. The molecule has 0 aliphatic rings. The maximum Gasteiger partial charge on any atom is 0.0701 e. The molecule has 2 aromatic rings. The summed E-state index contributed by atoms with van der Waals surface area (Å²) in [5, 5.41) is 3.74. The second kappa shape index (κ2) is 7.96. The lowest BCUT2D eigenvalue weighted by molar-refractivity contribution is 0.441. The minimum absolute atomic E-state index is 0.402. The van der Waals surface area contributed by atoms with Crippen LogP contribution < -0.4 is 5.32 Å². The molecule has 20 heavy (non-hydrogen) atoms. The first kappa shape index (κ1) is 15.7. The average Bonchev–Trinajstić information content (AvgIpc) is 2.90. The molecule has 0 fully saturated rings. The van der Waals surface area contributed by atoms with E-state index in [1.165, 1.54) is 14.2 Å². The van der Waals surface area contributed by atoms with Gasteiger partial charge in [0.15, 0.2) is 0 Å². The molecule has 3 heteroatoms. The van der Waals surface area contributed by atoms with Crippen molar-refractivity contribution < 1.29 is 0 Å². The van der Waals surface area contributed by atoms with Crippen LogP contribution in [0.15, 0.2) is 46.3 Å². The zero-order chi connectivity index (χ0) is 14.4. The molecule has 0 aliphatic carbocycles. The molecule has 0 spiro atoms. The maximum absolute atomic E-state index is 3.74. The van der Waals surface area contributed by atoms with E-state index >= 15 is 0 Å². The Balaban J connectivity index is 2.28. The van der Waals surface area contributed by atoms with Crippen molar-refractivity contribution >= 4 is 27.3 Å². The Morgan fingerprint density at radius 1 is 1.10 bits per heavy atom. The molecule has 1 nitrogen and oxygen atoms in total. The van der Waals surface area contributed by atoms with Gasteiger partial charge in [-0.2, -0.15) is 0 Å².